The molecule has 0 aliphatic heterocycles. The zero-order chi connectivity index (χ0) is 21.8. The van der Waals surface area contributed by atoms with Gasteiger partial charge in [-0.2, -0.15) is 4.68 Å². The van der Waals surface area contributed by atoms with Crippen molar-refractivity contribution in [3.05, 3.63) is 39.0 Å². The minimum Gasteiger partial charge on any atom is -0.390 e. The van der Waals surface area contributed by atoms with Gasteiger partial charge in [0.05, 0.1) is 11.9 Å². The number of hydrogen-bond acceptors (Lipinski definition) is 8. The van der Waals surface area contributed by atoms with Crippen LogP contribution in [-0.2, 0) is 25.8 Å². The maximum atomic E-state index is 10.7. The Morgan fingerprint density at radius 2 is 2.13 bits per heavy atom. The Hall–Kier alpha value is -2.95. The van der Waals surface area contributed by atoms with Gasteiger partial charge in [-0.1, -0.05) is 32.2 Å². The van der Waals surface area contributed by atoms with E-state index in [0.29, 0.717) is 30.1 Å². The molecule has 1 aliphatic rings. The first-order valence-corrected chi connectivity index (χ1v) is 11.4. The molecule has 0 aromatic carbocycles. The van der Waals surface area contributed by atoms with Gasteiger partial charge in [0.2, 0.25) is 6.33 Å². The van der Waals surface area contributed by atoms with Crippen molar-refractivity contribution < 1.29 is 4.92 Å². The number of aromatic nitrogens is 7. The van der Waals surface area contributed by atoms with Gasteiger partial charge in [0.1, 0.15) is 11.2 Å². The van der Waals surface area contributed by atoms with Gasteiger partial charge in [0.25, 0.3) is 0 Å². The molecule has 4 aromatic rings. The molecule has 1 aliphatic carbocycles. The molecule has 31 heavy (non-hydrogen) atoms. The molecular weight excluding hydrogens is 416 g/mol. The number of aryl methyl sites for hydroxylation is 3. The van der Waals surface area contributed by atoms with Gasteiger partial charge < -0.3 is 10.1 Å². The molecule has 5 rings (SSSR count). The number of rotatable bonds is 6. The lowest BCUT2D eigenvalue weighted by molar-refractivity contribution is -0.394. The van der Waals surface area contributed by atoms with Gasteiger partial charge in [0, 0.05) is 16.4 Å². The van der Waals surface area contributed by atoms with Gasteiger partial charge >= 0.3 is 5.95 Å². The molecule has 0 N–H and O–H groups in total. The molecule has 1 atom stereocenters. The van der Waals surface area contributed by atoms with Crippen LogP contribution in [0.2, 0.25) is 0 Å². The first kappa shape index (κ1) is 20.0. The van der Waals surface area contributed by atoms with Gasteiger partial charge in [-0.05, 0) is 41.1 Å². The largest absolute Gasteiger partial charge is 0.490 e. The lowest BCUT2D eigenvalue weighted by Gasteiger charge is -2.36. The van der Waals surface area contributed by atoms with Crippen LogP contribution in [-0.4, -0.2) is 39.3 Å². The second kappa shape index (κ2) is 7.33. The van der Waals surface area contributed by atoms with Crippen molar-refractivity contribution >= 4 is 33.1 Å². The molecule has 10 nitrogen and oxygen atoms in total. The number of nitro groups is 1. The van der Waals surface area contributed by atoms with E-state index in [0.717, 1.165) is 28.7 Å². The van der Waals surface area contributed by atoms with E-state index in [2.05, 4.69) is 40.9 Å². The Balaban J connectivity index is 1.44. The van der Waals surface area contributed by atoms with Crippen LogP contribution in [0, 0.1) is 21.4 Å². The first-order valence-electron chi connectivity index (χ1n) is 10.5. The van der Waals surface area contributed by atoms with E-state index in [1.54, 1.807) is 22.2 Å². The Labute approximate surface area is 182 Å². The molecule has 0 spiro atoms. The maximum absolute atomic E-state index is 10.7. The topological polar surface area (TPSA) is 117 Å². The summed E-state index contributed by atoms with van der Waals surface area (Å²) < 4.78 is 3.19. The van der Waals surface area contributed by atoms with E-state index in [1.807, 2.05) is 0 Å². The highest BCUT2D eigenvalue weighted by molar-refractivity contribution is 7.19. The van der Waals surface area contributed by atoms with E-state index < -0.39 is 10.9 Å². The zero-order valence-electron chi connectivity index (χ0n) is 17.8. The molecule has 4 aromatic heterocycles. The van der Waals surface area contributed by atoms with Crippen LogP contribution in [0.3, 0.4) is 0 Å². The van der Waals surface area contributed by atoms with Gasteiger partial charge in [0.15, 0.2) is 11.5 Å². The van der Waals surface area contributed by atoms with Gasteiger partial charge in [-0.15, -0.1) is 16.4 Å². The molecule has 162 valence electrons. The lowest BCUT2D eigenvalue weighted by Crippen LogP contribution is -2.28. The molecule has 0 fully saturated rings. The number of fused-ring (bicyclic) bond motifs is 5. The predicted octanol–water partition coefficient (Wildman–Crippen LogP) is 3.62. The van der Waals surface area contributed by atoms with E-state index in [1.165, 1.54) is 34.3 Å². The molecule has 0 radical (unpaired) electrons. The van der Waals surface area contributed by atoms with Crippen molar-refractivity contribution in [3.63, 3.8) is 0 Å². The van der Waals surface area contributed by atoms with E-state index in [4.69, 9.17) is 4.98 Å². The van der Waals surface area contributed by atoms with E-state index >= 15 is 0 Å². The highest BCUT2D eigenvalue weighted by Gasteiger charge is 2.33. The monoisotopic (exact) mass is 440 g/mol. The third-order valence-corrected chi connectivity index (χ3v) is 7.86. The smallest absolute Gasteiger partial charge is 0.390 e. The van der Waals surface area contributed by atoms with Crippen molar-refractivity contribution in [2.75, 3.05) is 0 Å². The Morgan fingerprint density at radius 3 is 2.87 bits per heavy atom. The highest BCUT2D eigenvalue weighted by Crippen LogP contribution is 2.44. The van der Waals surface area contributed by atoms with Crippen LogP contribution in [0.1, 0.15) is 49.9 Å². The Bertz CT molecular complexity index is 1290. The van der Waals surface area contributed by atoms with Crippen molar-refractivity contribution in [2.24, 2.45) is 11.3 Å². The summed E-state index contributed by atoms with van der Waals surface area (Å²) in [6.45, 7) is 7.45. The van der Waals surface area contributed by atoms with Crippen LogP contribution in [0.15, 0.2) is 12.7 Å². The van der Waals surface area contributed by atoms with E-state index in [9.17, 15) is 10.1 Å². The summed E-state index contributed by atoms with van der Waals surface area (Å²) in [5, 5.41) is 20.3. The van der Waals surface area contributed by atoms with Gasteiger partial charge in [-0.25, -0.2) is 14.5 Å². The van der Waals surface area contributed by atoms with Crippen LogP contribution >= 0.6 is 11.3 Å². The fourth-order valence-electron chi connectivity index (χ4n) is 4.37. The quantitative estimate of drug-likeness (QED) is 0.332. The molecular formula is C20H24N8O2S. The van der Waals surface area contributed by atoms with Gasteiger partial charge in [-0.3, -0.25) is 0 Å². The normalized spacial score (nSPS) is 16.8. The average molecular weight is 441 g/mol. The molecule has 0 saturated carbocycles. The van der Waals surface area contributed by atoms with Crippen molar-refractivity contribution in [2.45, 2.75) is 59.4 Å². The van der Waals surface area contributed by atoms with Crippen LogP contribution in [0.25, 0.3) is 15.9 Å². The molecule has 4 heterocycles. The SMILES string of the molecule is CCC(C)(C)C1CCc2c(sc3ncn4nc(CCn5cnc([N+](=O)[O-])n5)nc4c23)C1. The molecule has 0 bridgehead atoms. The zero-order valence-corrected chi connectivity index (χ0v) is 18.6. The second-order valence-electron chi connectivity index (χ2n) is 8.82. The first-order chi connectivity index (χ1) is 14.9. The summed E-state index contributed by atoms with van der Waals surface area (Å²) in [5.74, 6) is 0.950. The Kier molecular flexibility index (Phi) is 4.72. The Morgan fingerprint density at radius 1 is 1.29 bits per heavy atom. The summed E-state index contributed by atoms with van der Waals surface area (Å²) in [5.41, 5.74) is 2.57. The third kappa shape index (κ3) is 3.46. The molecule has 0 saturated heterocycles. The summed E-state index contributed by atoms with van der Waals surface area (Å²) in [6, 6.07) is 0. The summed E-state index contributed by atoms with van der Waals surface area (Å²) in [6.07, 6.45) is 8.12. The number of nitrogens with zero attached hydrogens (tertiary/aromatic N) is 8. The maximum Gasteiger partial charge on any atom is 0.490 e. The van der Waals surface area contributed by atoms with Crippen molar-refractivity contribution in [1.82, 2.24) is 34.3 Å². The van der Waals surface area contributed by atoms with Crippen LogP contribution < -0.4 is 0 Å². The highest BCUT2D eigenvalue weighted by atomic mass is 32.1. The lowest BCUT2D eigenvalue weighted by atomic mass is 9.70. The summed E-state index contributed by atoms with van der Waals surface area (Å²) in [4.78, 5) is 25.7. The van der Waals surface area contributed by atoms with Crippen LogP contribution in [0.4, 0.5) is 5.95 Å². The number of hydrogen-bond donors (Lipinski definition) is 0. The van der Waals surface area contributed by atoms with Crippen molar-refractivity contribution in [1.29, 1.82) is 0 Å². The second-order valence-corrected chi connectivity index (χ2v) is 9.90. The predicted molar refractivity (Wildman–Crippen MR) is 116 cm³/mol. The fourth-order valence-corrected chi connectivity index (χ4v) is 5.63. The molecule has 0 amide bonds. The minimum atomic E-state index is -0.603. The fraction of sp³-hybridized carbons (Fsp3) is 0.550. The van der Waals surface area contributed by atoms with Crippen molar-refractivity contribution in [3.8, 4) is 0 Å². The minimum absolute atomic E-state index is 0.342. The third-order valence-electron chi connectivity index (χ3n) is 6.70. The average Bonchev–Trinajstić information content (AvgIpc) is 3.46. The standard InChI is InChI=1S/C20H24N8O2S/c1-4-20(2,3)12-5-6-13-14(9-12)31-18-16(13)17-23-15(24-27(17)11-21-18)7-8-26-10-22-19(25-26)28(29)30/h10-12H,4-9H2,1-3H3. The molecule has 1 unspecified atom stereocenters. The van der Waals surface area contributed by atoms with Crippen LogP contribution in [0.5, 0.6) is 0 Å². The number of thiophene rings is 1. The summed E-state index contributed by atoms with van der Waals surface area (Å²) in [7, 11) is 0. The summed E-state index contributed by atoms with van der Waals surface area (Å²) >= 11 is 1.79. The molecule has 11 heteroatoms. The van der Waals surface area contributed by atoms with E-state index in [-0.39, 0.29) is 0 Å².